The molecule has 2 rings (SSSR count). The minimum atomic E-state index is -2.99. The van der Waals surface area contributed by atoms with E-state index in [2.05, 4.69) is 10.6 Å². The molecule has 2 amide bonds. The highest BCUT2D eigenvalue weighted by Crippen LogP contribution is 2.20. The number of hydrogen-bond acceptors (Lipinski definition) is 3. The first kappa shape index (κ1) is 13.2. The average Bonchev–Trinajstić information content (AvgIpc) is 2.61. The number of urea groups is 1. The molecule has 0 aromatic heterocycles. The van der Waals surface area contributed by atoms with Gasteiger partial charge in [-0.05, 0) is 18.6 Å². The van der Waals surface area contributed by atoms with Gasteiger partial charge in [-0.2, -0.15) is 0 Å². The molecule has 1 aromatic rings. The summed E-state index contributed by atoms with van der Waals surface area (Å²) in [4.78, 5) is 11.7. The largest absolute Gasteiger partial charge is 0.334 e. The van der Waals surface area contributed by atoms with Gasteiger partial charge < -0.3 is 10.6 Å². The summed E-state index contributed by atoms with van der Waals surface area (Å²) in [6.45, 7) is 0. The first-order valence-corrected chi connectivity index (χ1v) is 7.69. The normalized spacial score (nSPS) is 21.5. The zero-order valence-electron chi connectivity index (χ0n) is 9.52. The van der Waals surface area contributed by atoms with Crippen molar-refractivity contribution >= 4 is 33.2 Å². The molecule has 1 fully saturated rings. The summed E-state index contributed by atoms with van der Waals surface area (Å²) in [7, 11) is -2.99. The Morgan fingerprint density at radius 1 is 1.33 bits per heavy atom. The number of amides is 2. The van der Waals surface area contributed by atoms with E-state index in [0.717, 1.165) is 0 Å². The standard InChI is InChI=1S/C11H13ClN2O3S/c12-9-3-1-2-4-10(9)14-11(15)13-8-5-6-18(16,17)7-8/h1-4,8H,5-7H2,(H2,13,14,15)/t8-/m0/s1. The van der Waals surface area contributed by atoms with Gasteiger partial charge in [0.05, 0.1) is 22.2 Å². The molecule has 5 nitrogen and oxygen atoms in total. The minimum Gasteiger partial charge on any atom is -0.334 e. The van der Waals surface area contributed by atoms with Gasteiger partial charge in [-0.1, -0.05) is 23.7 Å². The highest BCUT2D eigenvalue weighted by molar-refractivity contribution is 7.91. The number of sulfone groups is 1. The fourth-order valence-corrected chi connectivity index (χ4v) is 3.67. The molecule has 1 aliphatic heterocycles. The first-order valence-electron chi connectivity index (χ1n) is 5.49. The van der Waals surface area contributed by atoms with Crippen LogP contribution in [0.4, 0.5) is 10.5 Å². The molecule has 0 saturated carbocycles. The van der Waals surface area contributed by atoms with Crippen LogP contribution in [0.15, 0.2) is 24.3 Å². The Morgan fingerprint density at radius 3 is 2.67 bits per heavy atom. The Balaban J connectivity index is 1.92. The van der Waals surface area contributed by atoms with Crippen molar-refractivity contribution in [2.45, 2.75) is 12.5 Å². The van der Waals surface area contributed by atoms with E-state index in [-0.39, 0.29) is 17.5 Å². The summed E-state index contributed by atoms with van der Waals surface area (Å²) in [5.41, 5.74) is 0.498. The van der Waals surface area contributed by atoms with Gasteiger partial charge in [0, 0.05) is 6.04 Å². The van der Waals surface area contributed by atoms with Crippen LogP contribution in [0.2, 0.25) is 5.02 Å². The van der Waals surface area contributed by atoms with E-state index in [1.54, 1.807) is 24.3 Å². The number of rotatable bonds is 2. The van der Waals surface area contributed by atoms with Crippen LogP contribution < -0.4 is 10.6 Å². The molecule has 1 heterocycles. The lowest BCUT2D eigenvalue weighted by Crippen LogP contribution is -2.38. The first-order chi connectivity index (χ1) is 8.46. The van der Waals surface area contributed by atoms with E-state index in [4.69, 9.17) is 11.6 Å². The van der Waals surface area contributed by atoms with E-state index in [1.165, 1.54) is 0 Å². The van der Waals surface area contributed by atoms with Gasteiger partial charge in [-0.25, -0.2) is 13.2 Å². The topological polar surface area (TPSA) is 75.3 Å². The maximum Gasteiger partial charge on any atom is 0.319 e. The van der Waals surface area contributed by atoms with Gasteiger partial charge in [-0.3, -0.25) is 0 Å². The fourth-order valence-electron chi connectivity index (χ4n) is 1.82. The third-order valence-electron chi connectivity index (χ3n) is 2.69. The summed E-state index contributed by atoms with van der Waals surface area (Å²) in [5, 5.41) is 5.65. The van der Waals surface area contributed by atoms with Gasteiger partial charge in [-0.15, -0.1) is 0 Å². The number of carbonyl (C=O) groups is 1. The van der Waals surface area contributed by atoms with Crippen molar-refractivity contribution in [3.63, 3.8) is 0 Å². The molecule has 1 aromatic carbocycles. The molecule has 1 atom stereocenters. The van der Waals surface area contributed by atoms with Crippen LogP contribution in [0, 0.1) is 0 Å². The quantitative estimate of drug-likeness (QED) is 0.869. The number of carbonyl (C=O) groups excluding carboxylic acids is 1. The zero-order chi connectivity index (χ0) is 13.2. The Kier molecular flexibility index (Phi) is 3.77. The maximum absolute atomic E-state index is 11.7. The Hall–Kier alpha value is -1.27. The second-order valence-corrected chi connectivity index (χ2v) is 6.81. The lowest BCUT2D eigenvalue weighted by atomic mass is 10.3. The lowest BCUT2D eigenvalue weighted by Gasteiger charge is -2.12. The SMILES string of the molecule is O=C(Nc1ccccc1Cl)N[C@H]1CCS(=O)(=O)C1. The number of hydrogen-bond donors (Lipinski definition) is 2. The van der Waals surface area contributed by atoms with Gasteiger partial charge in [0.1, 0.15) is 0 Å². The highest BCUT2D eigenvalue weighted by atomic mass is 35.5. The maximum atomic E-state index is 11.7. The Bertz CT molecular complexity index is 559. The van der Waals surface area contributed by atoms with Crippen LogP contribution in [0.1, 0.15) is 6.42 Å². The van der Waals surface area contributed by atoms with Crippen molar-refractivity contribution in [1.82, 2.24) is 5.32 Å². The number of halogens is 1. The van der Waals surface area contributed by atoms with Crippen molar-refractivity contribution in [3.05, 3.63) is 29.3 Å². The summed E-state index contributed by atoms with van der Waals surface area (Å²) in [6.07, 6.45) is 0.457. The summed E-state index contributed by atoms with van der Waals surface area (Å²) < 4.78 is 22.5. The molecule has 1 saturated heterocycles. The second kappa shape index (κ2) is 5.16. The van der Waals surface area contributed by atoms with Gasteiger partial charge in [0.15, 0.2) is 9.84 Å². The molecule has 1 aliphatic rings. The number of para-hydroxylation sites is 1. The number of nitrogens with one attached hydrogen (secondary N) is 2. The number of benzene rings is 1. The van der Waals surface area contributed by atoms with E-state index in [1.807, 2.05) is 0 Å². The summed E-state index contributed by atoms with van der Waals surface area (Å²) in [5.74, 6) is 0.132. The van der Waals surface area contributed by atoms with Gasteiger partial charge in [0.2, 0.25) is 0 Å². The second-order valence-electron chi connectivity index (χ2n) is 4.18. The molecule has 0 spiro atoms. The van der Waals surface area contributed by atoms with E-state index >= 15 is 0 Å². The van der Waals surface area contributed by atoms with E-state index in [0.29, 0.717) is 17.1 Å². The molecule has 7 heteroatoms. The van der Waals surface area contributed by atoms with Crippen molar-refractivity contribution in [2.24, 2.45) is 0 Å². The minimum absolute atomic E-state index is 0.00292. The van der Waals surface area contributed by atoms with Gasteiger partial charge >= 0.3 is 6.03 Å². The van der Waals surface area contributed by atoms with Crippen LogP contribution in [0.3, 0.4) is 0 Å². The van der Waals surface area contributed by atoms with Gasteiger partial charge in [0.25, 0.3) is 0 Å². The van der Waals surface area contributed by atoms with Crippen LogP contribution in [-0.2, 0) is 9.84 Å². The van der Waals surface area contributed by atoms with E-state index in [9.17, 15) is 13.2 Å². The van der Waals surface area contributed by atoms with Crippen molar-refractivity contribution in [1.29, 1.82) is 0 Å². The molecule has 0 unspecified atom stereocenters. The predicted molar refractivity (Wildman–Crippen MR) is 70.7 cm³/mol. The summed E-state index contributed by atoms with van der Waals surface area (Å²) >= 11 is 5.89. The van der Waals surface area contributed by atoms with Crippen molar-refractivity contribution in [3.8, 4) is 0 Å². The van der Waals surface area contributed by atoms with Crippen LogP contribution in [0.25, 0.3) is 0 Å². The van der Waals surface area contributed by atoms with Crippen LogP contribution in [0.5, 0.6) is 0 Å². The zero-order valence-corrected chi connectivity index (χ0v) is 11.1. The predicted octanol–water partition coefficient (Wildman–Crippen LogP) is 1.65. The molecule has 18 heavy (non-hydrogen) atoms. The molecule has 2 N–H and O–H groups in total. The smallest absolute Gasteiger partial charge is 0.319 e. The van der Waals surface area contributed by atoms with Crippen molar-refractivity contribution in [2.75, 3.05) is 16.8 Å². The van der Waals surface area contributed by atoms with E-state index < -0.39 is 15.9 Å². The molecule has 98 valence electrons. The van der Waals surface area contributed by atoms with Crippen LogP contribution >= 0.6 is 11.6 Å². The fraction of sp³-hybridized carbons (Fsp3) is 0.364. The van der Waals surface area contributed by atoms with Crippen LogP contribution in [-0.4, -0.2) is 32.0 Å². The lowest BCUT2D eigenvalue weighted by molar-refractivity contribution is 0.249. The molecular weight excluding hydrogens is 276 g/mol. The number of anilines is 1. The molecule has 0 aliphatic carbocycles. The Labute approximate surface area is 110 Å². The van der Waals surface area contributed by atoms with Crippen molar-refractivity contribution < 1.29 is 13.2 Å². The third kappa shape index (κ3) is 3.36. The highest BCUT2D eigenvalue weighted by Gasteiger charge is 2.28. The molecular formula is C11H13ClN2O3S. The molecule has 0 bridgehead atoms. The Morgan fingerprint density at radius 2 is 2.06 bits per heavy atom. The molecule has 0 radical (unpaired) electrons. The monoisotopic (exact) mass is 288 g/mol. The third-order valence-corrected chi connectivity index (χ3v) is 4.79. The summed E-state index contributed by atoms with van der Waals surface area (Å²) in [6, 6.07) is 6.09. The average molecular weight is 289 g/mol.